The van der Waals surface area contributed by atoms with Gasteiger partial charge in [-0.2, -0.15) is 0 Å². The van der Waals surface area contributed by atoms with E-state index in [0.29, 0.717) is 11.1 Å². The summed E-state index contributed by atoms with van der Waals surface area (Å²) in [5, 5.41) is 13.8. The fourth-order valence-electron chi connectivity index (χ4n) is 2.64. The van der Waals surface area contributed by atoms with Crippen molar-refractivity contribution in [2.75, 3.05) is 7.11 Å². The van der Waals surface area contributed by atoms with Crippen LogP contribution in [0.5, 0.6) is 0 Å². The molecule has 2 atom stereocenters. The second kappa shape index (κ2) is 8.26. The summed E-state index contributed by atoms with van der Waals surface area (Å²) in [5.41, 5.74) is -0.960. The molecule has 0 saturated carbocycles. The largest absolute Gasteiger partial charge is 0.467 e. The Bertz CT molecular complexity index is 730. The summed E-state index contributed by atoms with van der Waals surface area (Å²) in [6.45, 7) is 3.60. The Morgan fingerprint density at radius 1 is 1.16 bits per heavy atom. The predicted octanol–water partition coefficient (Wildman–Crippen LogP) is 2.64. The summed E-state index contributed by atoms with van der Waals surface area (Å²) in [6.07, 6.45) is 1.34. The maximum Gasteiger partial charge on any atom is 0.340 e. The van der Waals surface area contributed by atoms with Gasteiger partial charge in [-0.15, -0.1) is 6.58 Å². The van der Waals surface area contributed by atoms with Crippen LogP contribution in [0.1, 0.15) is 28.4 Å². The molecular weight excluding hydrogens is 318 g/mol. The lowest BCUT2D eigenvalue weighted by atomic mass is 9.85. The van der Waals surface area contributed by atoms with Crippen LogP contribution in [0.2, 0.25) is 0 Å². The minimum absolute atomic E-state index is 0.0751. The quantitative estimate of drug-likeness (QED) is 0.601. The third kappa shape index (κ3) is 4.14. The van der Waals surface area contributed by atoms with Gasteiger partial charge in [0, 0.05) is 12.0 Å². The normalized spacial score (nSPS) is 14.0. The Balaban J connectivity index is 2.44. The number of esters is 1. The number of benzene rings is 2. The Morgan fingerprint density at radius 2 is 1.72 bits per heavy atom. The van der Waals surface area contributed by atoms with Crippen LogP contribution in [0.25, 0.3) is 0 Å². The second-order valence-corrected chi connectivity index (χ2v) is 5.59. The van der Waals surface area contributed by atoms with E-state index in [1.807, 2.05) is 6.07 Å². The van der Waals surface area contributed by atoms with Crippen molar-refractivity contribution in [3.63, 3.8) is 0 Å². The molecule has 0 aromatic heterocycles. The zero-order valence-electron chi connectivity index (χ0n) is 14.0. The molecule has 2 N–H and O–H groups in total. The van der Waals surface area contributed by atoms with Crippen molar-refractivity contribution >= 4 is 11.9 Å². The van der Waals surface area contributed by atoms with Gasteiger partial charge in [-0.05, 0) is 17.7 Å². The van der Waals surface area contributed by atoms with Gasteiger partial charge in [0.1, 0.15) is 0 Å². The number of methoxy groups -OCH3 is 1. The van der Waals surface area contributed by atoms with E-state index in [9.17, 15) is 14.7 Å². The minimum Gasteiger partial charge on any atom is -0.467 e. The molecule has 130 valence electrons. The molecule has 2 aromatic carbocycles. The molecule has 0 spiro atoms. The lowest BCUT2D eigenvalue weighted by Crippen LogP contribution is -2.52. The molecule has 1 amide bonds. The van der Waals surface area contributed by atoms with Crippen LogP contribution < -0.4 is 5.32 Å². The molecule has 0 aliphatic rings. The molecule has 2 rings (SSSR count). The van der Waals surface area contributed by atoms with Crippen molar-refractivity contribution in [2.24, 2.45) is 0 Å². The van der Waals surface area contributed by atoms with Gasteiger partial charge >= 0.3 is 5.97 Å². The third-order valence-electron chi connectivity index (χ3n) is 3.92. The van der Waals surface area contributed by atoms with Crippen LogP contribution in [-0.4, -0.2) is 29.7 Å². The topological polar surface area (TPSA) is 75.6 Å². The second-order valence-electron chi connectivity index (χ2n) is 5.59. The molecule has 5 heteroatoms. The van der Waals surface area contributed by atoms with E-state index in [0.717, 1.165) is 0 Å². The van der Waals surface area contributed by atoms with Gasteiger partial charge in [0.2, 0.25) is 0 Å². The monoisotopic (exact) mass is 339 g/mol. The molecule has 0 fully saturated rings. The van der Waals surface area contributed by atoms with Gasteiger partial charge in [-0.25, -0.2) is 4.79 Å². The van der Waals surface area contributed by atoms with Crippen LogP contribution in [0.4, 0.5) is 0 Å². The van der Waals surface area contributed by atoms with E-state index in [1.54, 1.807) is 54.6 Å². The highest BCUT2D eigenvalue weighted by Gasteiger charge is 2.46. The summed E-state index contributed by atoms with van der Waals surface area (Å²) in [6, 6.07) is 16.4. The van der Waals surface area contributed by atoms with Crippen LogP contribution in [0.15, 0.2) is 73.3 Å². The fraction of sp³-hybridized carbons (Fsp3) is 0.200. The highest BCUT2D eigenvalue weighted by molar-refractivity contribution is 5.95. The van der Waals surface area contributed by atoms with Gasteiger partial charge in [0.25, 0.3) is 5.91 Å². The van der Waals surface area contributed by atoms with Gasteiger partial charge in [0.15, 0.2) is 5.60 Å². The molecule has 0 heterocycles. The Hall–Kier alpha value is -2.92. The van der Waals surface area contributed by atoms with Gasteiger partial charge in [-0.1, -0.05) is 54.6 Å². The lowest BCUT2D eigenvalue weighted by molar-refractivity contribution is -0.165. The molecule has 2 aromatic rings. The van der Waals surface area contributed by atoms with E-state index >= 15 is 0 Å². The molecule has 25 heavy (non-hydrogen) atoms. The number of amides is 1. The molecule has 0 saturated heterocycles. The number of rotatable bonds is 7. The van der Waals surface area contributed by atoms with E-state index in [4.69, 9.17) is 4.74 Å². The maximum absolute atomic E-state index is 12.6. The van der Waals surface area contributed by atoms with Gasteiger partial charge < -0.3 is 15.2 Å². The number of ether oxygens (including phenoxy) is 1. The number of nitrogens with one attached hydrogen (secondary N) is 1. The number of hydrogen-bond donors (Lipinski definition) is 2. The summed E-state index contributed by atoms with van der Waals surface area (Å²) in [4.78, 5) is 24.9. The van der Waals surface area contributed by atoms with Crippen molar-refractivity contribution in [1.29, 1.82) is 0 Å². The zero-order chi connectivity index (χ0) is 18.3. The van der Waals surface area contributed by atoms with Crippen LogP contribution in [0, 0.1) is 0 Å². The number of carbonyl (C=O) groups is 2. The average molecular weight is 339 g/mol. The molecular formula is C20H21NO4. The number of aliphatic hydroxyl groups is 1. The maximum atomic E-state index is 12.6. The third-order valence-corrected chi connectivity index (χ3v) is 3.92. The smallest absolute Gasteiger partial charge is 0.340 e. The molecule has 0 aliphatic carbocycles. The van der Waals surface area contributed by atoms with Crippen LogP contribution in [-0.2, 0) is 9.53 Å². The fourth-order valence-corrected chi connectivity index (χ4v) is 2.64. The number of carbonyl (C=O) groups excluding carboxylic acids is 2. The van der Waals surface area contributed by atoms with E-state index in [1.165, 1.54) is 13.2 Å². The Labute approximate surface area is 146 Å². The summed E-state index contributed by atoms with van der Waals surface area (Å²) >= 11 is 0. The first-order chi connectivity index (χ1) is 12.0. The summed E-state index contributed by atoms with van der Waals surface area (Å²) in [7, 11) is 1.19. The van der Waals surface area contributed by atoms with Crippen molar-refractivity contribution in [3.05, 3.63) is 84.4 Å². The Morgan fingerprint density at radius 3 is 2.24 bits per heavy atom. The SMILES string of the molecule is C=CC[C@@](O)(C(=O)OC)[C@@H](NC(=O)c1ccccc1)c1ccccc1. The Kier molecular flexibility index (Phi) is 6.08. The van der Waals surface area contributed by atoms with E-state index in [2.05, 4.69) is 11.9 Å². The minimum atomic E-state index is -1.97. The molecule has 0 bridgehead atoms. The van der Waals surface area contributed by atoms with Gasteiger partial charge in [0.05, 0.1) is 13.2 Å². The van der Waals surface area contributed by atoms with Crippen molar-refractivity contribution in [2.45, 2.75) is 18.1 Å². The lowest BCUT2D eigenvalue weighted by Gasteiger charge is -2.34. The molecule has 0 unspecified atom stereocenters. The molecule has 0 radical (unpaired) electrons. The van der Waals surface area contributed by atoms with Crippen LogP contribution >= 0.6 is 0 Å². The van der Waals surface area contributed by atoms with Crippen molar-refractivity contribution in [1.82, 2.24) is 5.32 Å². The van der Waals surface area contributed by atoms with Crippen LogP contribution in [0.3, 0.4) is 0 Å². The first-order valence-corrected chi connectivity index (χ1v) is 7.85. The first-order valence-electron chi connectivity index (χ1n) is 7.85. The first kappa shape index (κ1) is 18.4. The standard InChI is InChI=1S/C20H21NO4/c1-3-14-20(24,19(23)25-2)17(15-10-6-4-7-11-15)21-18(22)16-12-8-5-9-13-16/h3-13,17,24H,1,14H2,2H3,(H,21,22)/t17-,20-/m0/s1. The van der Waals surface area contributed by atoms with E-state index in [-0.39, 0.29) is 6.42 Å². The highest BCUT2D eigenvalue weighted by atomic mass is 16.5. The summed E-state index contributed by atoms with van der Waals surface area (Å²) < 4.78 is 4.77. The van der Waals surface area contributed by atoms with Crippen molar-refractivity contribution < 1.29 is 19.4 Å². The van der Waals surface area contributed by atoms with E-state index < -0.39 is 23.5 Å². The van der Waals surface area contributed by atoms with Gasteiger partial charge in [-0.3, -0.25) is 4.79 Å². The average Bonchev–Trinajstić information content (AvgIpc) is 2.66. The molecule has 0 aliphatic heterocycles. The highest BCUT2D eigenvalue weighted by Crippen LogP contribution is 2.31. The molecule has 5 nitrogen and oxygen atoms in total. The zero-order valence-corrected chi connectivity index (χ0v) is 14.0. The predicted molar refractivity (Wildman–Crippen MR) is 94.9 cm³/mol. The number of hydrogen-bond acceptors (Lipinski definition) is 4. The van der Waals surface area contributed by atoms with Crippen molar-refractivity contribution in [3.8, 4) is 0 Å². The summed E-state index contributed by atoms with van der Waals surface area (Å²) in [5.74, 6) is -1.24.